The number of hydrogen-bond donors (Lipinski definition) is 2. The molecule has 3 rings (SSSR count). The first-order valence-electron chi connectivity index (χ1n) is 9.45. The molecule has 2 aromatic rings. The van der Waals surface area contributed by atoms with Crippen LogP contribution in [-0.4, -0.2) is 38.6 Å². The molecule has 27 heavy (non-hydrogen) atoms. The van der Waals surface area contributed by atoms with E-state index in [1.807, 2.05) is 0 Å². The summed E-state index contributed by atoms with van der Waals surface area (Å²) in [5.41, 5.74) is 1.40. The van der Waals surface area contributed by atoms with Crippen LogP contribution in [0.4, 0.5) is 0 Å². The van der Waals surface area contributed by atoms with Crippen LogP contribution < -0.4 is 5.32 Å². The molecule has 2 N–H and O–H groups in total. The van der Waals surface area contributed by atoms with Crippen LogP contribution >= 0.6 is 11.8 Å². The van der Waals surface area contributed by atoms with E-state index in [2.05, 4.69) is 17.3 Å². The average Bonchev–Trinajstić information content (AvgIpc) is 3.11. The van der Waals surface area contributed by atoms with E-state index in [-0.39, 0.29) is 17.5 Å². The van der Waals surface area contributed by atoms with Crippen molar-refractivity contribution >= 4 is 23.6 Å². The molecule has 0 atom stereocenters. The van der Waals surface area contributed by atoms with Crippen molar-refractivity contribution in [3.05, 3.63) is 41.6 Å². The Bertz CT molecular complexity index is 813. The van der Waals surface area contributed by atoms with Crippen molar-refractivity contribution in [3.63, 3.8) is 0 Å². The van der Waals surface area contributed by atoms with E-state index in [0.717, 1.165) is 42.9 Å². The summed E-state index contributed by atoms with van der Waals surface area (Å²) in [6, 6.07) is 6.85. The third-order valence-corrected chi connectivity index (χ3v) is 5.97. The highest BCUT2D eigenvalue weighted by Crippen LogP contribution is 2.27. The zero-order valence-electron chi connectivity index (χ0n) is 15.5. The van der Waals surface area contributed by atoms with Gasteiger partial charge in [-0.25, -0.2) is 9.48 Å². The Morgan fingerprint density at radius 1 is 1.30 bits per heavy atom. The van der Waals surface area contributed by atoms with Gasteiger partial charge in [0, 0.05) is 6.04 Å². The summed E-state index contributed by atoms with van der Waals surface area (Å²) in [5.74, 6) is -0.225. The fourth-order valence-corrected chi connectivity index (χ4v) is 4.27. The number of carbonyl (C=O) groups is 2. The minimum atomic E-state index is -0.984. The highest BCUT2D eigenvalue weighted by atomic mass is 32.2. The van der Waals surface area contributed by atoms with E-state index in [1.54, 1.807) is 46.9 Å². The first kappa shape index (κ1) is 19.5. The van der Waals surface area contributed by atoms with Crippen molar-refractivity contribution in [2.75, 3.05) is 5.75 Å². The predicted octanol–water partition coefficient (Wildman–Crippen LogP) is 4.14. The number of aromatic carboxylic acids is 1. The van der Waals surface area contributed by atoms with Crippen molar-refractivity contribution in [2.45, 2.75) is 56.5 Å². The van der Waals surface area contributed by atoms with Crippen LogP contribution in [0.2, 0.25) is 0 Å². The zero-order chi connectivity index (χ0) is 19.2. The van der Waals surface area contributed by atoms with E-state index in [1.165, 1.54) is 6.42 Å². The predicted molar refractivity (Wildman–Crippen MR) is 106 cm³/mol. The Labute approximate surface area is 163 Å². The number of nitrogens with one attached hydrogen (secondary N) is 1. The third-order valence-electron chi connectivity index (χ3n) is 4.69. The van der Waals surface area contributed by atoms with Crippen LogP contribution in [0.25, 0.3) is 5.69 Å². The molecule has 6 nitrogen and oxygen atoms in total. The molecule has 7 heteroatoms. The van der Waals surface area contributed by atoms with Crippen LogP contribution in [0.5, 0.6) is 0 Å². The minimum absolute atomic E-state index is 0.0962. The molecule has 0 bridgehead atoms. The Morgan fingerprint density at radius 3 is 2.78 bits per heavy atom. The maximum absolute atomic E-state index is 12.8. The minimum Gasteiger partial charge on any atom is -0.478 e. The van der Waals surface area contributed by atoms with Crippen molar-refractivity contribution in [2.24, 2.45) is 0 Å². The van der Waals surface area contributed by atoms with Gasteiger partial charge >= 0.3 is 5.97 Å². The molecule has 1 saturated carbocycles. The first-order valence-corrected chi connectivity index (χ1v) is 10.4. The van der Waals surface area contributed by atoms with Gasteiger partial charge in [-0.1, -0.05) is 32.3 Å². The summed E-state index contributed by atoms with van der Waals surface area (Å²) < 4.78 is 1.67. The Morgan fingerprint density at radius 2 is 2.07 bits per heavy atom. The van der Waals surface area contributed by atoms with E-state index < -0.39 is 5.97 Å². The van der Waals surface area contributed by atoms with E-state index in [4.69, 9.17) is 0 Å². The molecule has 1 fully saturated rings. The molecule has 0 aliphatic heterocycles. The summed E-state index contributed by atoms with van der Waals surface area (Å²) in [4.78, 5) is 24.1. The van der Waals surface area contributed by atoms with Crippen molar-refractivity contribution < 1.29 is 14.7 Å². The fourth-order valence-electron chi connectivity index (χ4n) is 3.30. The van der Waals surface area contributed by atoms with Gasteiger partial charge < -0.3 is 10.4 Å². The lowest BCUT2D eigenvalue weighted by Gasteiger charge is -2.22. The van der Waals surface area contributed by atoms with Gasteiger partial charge in [0.1, 0.15) is 5.03 Å². The third kappa shape index (κ3) is 4.71. The quantitative estimate of drug-likeness (QED) is 0.698. The molecule has 0 saturated heterocycles. The Hall–Kier alpha value is -2.28. The molecule has 1 aromatic heterocycles. The van der Waals surface area contributed by atoms with Gasteiger partial charge in [0.2, 0.25) is 0 Å². The van der Waals surface area contributed by atoms with Crippen molar-refractivity contribution in [3.8, 4) is 5.69 Å². The van der Waals surface area contributed by atoms with Gasteiger partial charge in [-0.2, -0.15) is 5.10 Å². The highest BCUT2D eigenvalue weighted by Gasteiger charge is 2.22. The number of hydrogen-bond acceptors (Lipinski definition) is 4. The topological polar surface area (TPSA) is 84.2 Å². The summed E-state index contributed by atoms with van der Waals surface area (Å²) in [5, 5.41) is 17.5. The van der Waals surface area contributed by atoms with E-state index in [0.29, 0.717) is 11.3 Å². The molecular weight excluding hydrogens is 362 g/mol. The number of aromatic nitrogens is 2. The number of amides is 1. The highest BCUT2D eigenvalue weighted by molar-refractivity contribution is 7.99. The second-order valence-electron chi connectivity index (χ2n) is 6.79. The molecule has 1 heterocycles. The number of carbonyl (C=O) groups excluding carboxylic acids is 1. The van der Waals surface area contributed by atoms with Gasteiger partial charge in [-0.3, -0.25) is 4.79 Å². The monoisotopic (exact) mass is 387 g/mol. The molecule has 0 radical (unpaired) electrons. The van der Waals surface area contributed by atoms with Crippen LogP contribution in [0.3, 0.4) is 0 Å². The van der Waals surface area contributed by atoms with Gasteiger partial charge in [0.05, 0.1) is 23.0 Å². The smallest absolute Gasteiger partial charge is 0.335 e. The standard InChI is InChI=1S/C20H25N3O3S/c1-2-11-27-19-17(18(24)22-15-8-4-3-5-9-15)13-21-23(19)16-10-6-7-14(12-16)20(25)26/h6-7,10,12-13,15H,2-5,8-9,11H2,1H3,(H,22,24)(H,25,26). The number of nitrogens with zero attached hydrogens (tertiary/aromatic N) is 2. The maximum atomic E-state index is 12.8. The van der Waals surface area contributed by atoms with Crippen LogP contribution in [0.15, 0.2) is 35.5 Å². The molecule has 1 aromatic carbocycles. The molecule has 1 aliphatic rings. The first-order chi connectivity index (χ1) is 13.1. The largest absolute Gasteiger partial charge is 0.478 e. The second-order valence-corrected chi connectivity index (χ2v) is 7.87. The number of carboxylic acid groups (broad SMARTS) is 1. The SMILES string of the molecule is CCCSc1c(C(=O)NC2CCCCC2)cnn1-c1cccc(C(=O)O)c1. The Kier molecular flexibility index (Phi) is 6.55. The lowest BCUT2D eigenvalue weighted by Crippen LogP contribution is -2.36. The van der Waals surface area contributed by atoms with Crippen LogP contribution in [0, 0.1) is 0 Å². The maximum Gasteiger partial charge on any atom is 0.335 e. The molecular formula is C20H25N3O3S. The molecule has 0 unspecified atom stereocenters. The lowest BCUT2D eigenvalue weighted by atomic mass is 9.95. The van der Waals surface area contributed by atoms with E-state index >= 15 is 0 Å². The summed E-state index contributed by atoms with van der Waals surface area (Å²) in [6.45, 7) is 2.08. The van der Waals surface area contributed by atoms with Gasteiger partial charge in [0.15, 0.2) is 0 Å². The normalized spacial score (nSPS) is 14.9. The fraction of sp³-hybridized carbons (Fsp3) is 0.450. The van der Waals surface area contributed by atoms with Crippen LogP contribution in [-0.2, 0) is 0 Å². The van der Waals surface area contributed by atoms with E-state index in [9.17, 15) is 14.7 Å². The number of rotatable bonds is 7. The second kappa shape index (κ2) is 9.08. The number of thioether (sulfide) groups is 1. The van der Waals surface area contributed by atoms with Crippen molar-refractivity contribution in [1.82, 2.24) is 15.1 Å². The number of carboxylic acids is 1. The lowest BCUT2D eigenvalue weighted by molar-refractivity contribution is 0.0696. The van der Waals surface area contributed by atoms with Gasteiger partial charge in [0.25, 0.3) is 5.91 Å². The summed E-state index contributed by atoms with van der Waals surface area (Å²) >= 11 is 1.57. The average molecular weight is 388 g/mol. The summed E-state index contributed by atoms with van der Waals surface area (Å²) in [6.07, 6.45) is 8.16. The van der Waals surface area contributed by atoms with Crippen molar-refractivity contribution in [1.29, 1.82) is 0 Å². The number of benzene rings is 1. The van der Waals surface area contributed by atoms with Gasteiger partial charge in [-0.05, 0) is 43.2 Å². The molecule has 1 amide bonds. The molecule has 144 valence electrons. The molecule has 1 aliphatic carbocycles. The summed E-state index contributed by atoms with van der Waals surface area (Å²) in [7, 11) is 0. The molecule has 0 spiro atoms. The Balaban J connectivity index is 1.89. The zero-order valence-corrected chi connectivity index (χ0v) is 16.3. The van der Waals surface area contributed by atoms with Crippen LogP contribution in [0.1, 0.15) is 66.2 Å². The van der Waals surface area contributed by atoms with Gasteiger partial charge in [-0.15, -0.1) is 11.8 Å².